The molecule has 6 heterocycles. The van der Waals surface area contributed by atoms with Crippen molar-refractivity contribution >= 4 is 98.3 Å². The minimum atomic E-state index is 0. The van der Waals surface area contributed by atoms with E-state index < -0.39 is 0 Å². The molecule has 292 valence electrons. The van der Waals surface area contributed by atoms with Crippen molar-refractivity contribution in [2.24, 2.45) is 0 Å². The monoisotopic (exact) mass is 973 g/mol. The maximum Gasteiger partial charge on any atom is 2.00 e. The van der Waals surface area contributed by atoms with Crippen molar-refractivity contribution in [3.05, 3.63) is 195 Å². The largest absolute Gasteiger partial charge is 2.00 e. The van der Waals surface area contributed by atoms with E-state index in [9.17, 15) is 0 Å². The van der Waals surface area contributed by atoms with Gasteiger partial charge in [-0.05, 0) is 59.3 Å². The number of hydrogen-bond acceptors (Lipinski definition) is 3. The molecule has 0 bridgehead atoms. The number of imidazole rings is 2. The van der Waals surface area contributed by atoms with Crippen LogP contribution in [0.15, 0.2) is 183 Å². The summed E-state index contributed by atoms with van der Waals surface area (Å²) in [7, 11) is 0. The van der Waals surface area contributed by atoms with Crippen LogP contribution in [0.1, 0.15) is 0 Å². The van der Waals surface area contributed by atoms with Gasteiger partial charge in [-0.3, -0.25) is 9.97 Å². The molecule has 14 aromatic rings. The minimum Gasteiger partial charge on any atom is -0.497 e. The molecule has 8 heteroatoms. The zero-order valence-electron chi connectivity index (χ0n) is 32.7. The van der Waals surface area contributed by atoms with Crippen molar-refractivity contribution in [3.63, 3.8) is 0 Å². The van der Waals surface area contributed by atoms with Gasteiger partial charge in [0.2, 0.25) is 0 Å². The first-order valence-electron chi connectivity index (χ1n) is 20.4. The maximum absolute atomic E-state index is 6.64. The molecule has 0 unspecified atom stereocenters. The average molecular weight is 974 g/mol. The van der Waals surface area contributed by atoms with Gasteiger partial charge in [0, 0.05) is 80.2 Å². The Balaban J connectivity index is 0.00000391. The Kier molecular flexibility index (Phi) is 7.43. The molecule has 14 rings (SSSR count). The maximum atomic E-state index is 6.64. The van der Waals surface area contributed by atoms with E-state index in [1.807, 2.05) is 36.9 Å². The number of pyridine rings is 2. The summed E-state index contributed by atoms with van der Waals surface area (Å²) >= 11 is 0. The molecule has 0 N–H and O–H groups in total. The van der Waals surface area contributed by atoms with Gasteiger partial charge in [-0.25, -0.2) is 0 Å². The molecule has 7 nitrogen and oxygen atoms in total. The van der Waals surface area contributed by atoms with Crippen LogP contribution in [0.3, 0.4) is 0 Å². The van der Waals surface area contributed by atoms with Crippen LogP contribution in [0.2, 0.25) is 0 Å². The minimum absolute atomic E-state index is 0. The van der Waals surface area contributed by atoms with E-state index >= 15 is 0 Å². The third-order valence-electron chi connectivity index (χ3n) is 12.5. The van der Waals surface area contributed by atoms with Crippen molar-refractivity contribution < 1.29 is 25.8 Å². The van der Waals surface area contributed by atoms with Crippen LogP contribution in [-0.4, -0.2) is 27.9 Å². The summed E-state index contributed by atoms with van der Waals surface area (Å²) in [6.45, 7) is 0. The van der Waals surface area contributed by atoms with Crippen molar-refractivity contribution in [2.45, 2.75) is 0 Å². The van der Waals surface area contributed by atoms with Gasteiger partial charge in [-0.1, -0.05) is 131 Å². The van der Waals surface area contributed by atoms with Crippen molar-refractivity contribution in [3.8, 4) is 22.9 Å². The van der Waals surface area contributed by atoms with E-state index in [1.165, 1.54) is 32.6 Å². The fourth-order valence-corrected chi connectivity index (χ4v) is 9.90. The molecule has 0 saturated heterocycles. The van der Waals surface area contributed by atoms with Gasteiger partial charge in [0.05, 0.1) is 33.4 Å². The van der Waals surface area contributed by atoms with Crippen LogP contribution >= 0.6 is 0 Å². The average Bonchev–Trinajstić information content (AvgIpc) is 4.13. The van der Waals surface area contributed by atoms with E-state index in [4.69, 9.17) is 14.7 Å². The second-order valence-corrected chi connectivity index (χ2v) is 15.7. The number of para-hydroxylation sites is 4. The zero-order valence-corrected chi connectivity index (χ0v) is 35.0. The van der Waals surface area contributed by atoms with Gasteiger partial charge in [0.1, 0.15) is 0 Å². The summed E-state index contributed by atoms with van der Waals surface area (Å²) in [5, 5.41) is 11.0. The zero-order chi connectivity index (χ0) is 39.8. The van der Waals surface area contributed by atoms with E-state index in [0.29, 0.717) is 11.5 Å². The Hall–Kier alpha value is -7.73. The number of ether oxygens (including phenoxy) is 1. The molecule has 0 aliphatic heterocycles. The van der Waals surface area contributed by atoms with Gasteiger partial charge < -0.3 is 22.7 Å². The molecule has 0 amide bonds. The number of nitrogens with zero attached hydrogens (tertiary/aromatic N) is 6. The Labute approximate surface area is 367 Å². The molecule has 62 heavy (non-hydrogen) atoms. The summed E-state index contributed by atoms with van der Waals surface area (Å²) in [5.74, 6) is 1.18. The van der Waals surface area contributed by atoms with Crippen molar-refractivity contribution in [1.82, 2.24) is 27.9 Å². The van der Waals surface area contributed by atoms with Gasteiger partial charge in [0.15, 0.2) is 0 Å². The molecule has 0 aliphatic carbocycles. The predicted octanol–water partition coefficient (Wildman–Crippen LogP) is 13.2. The van der Waals surface area contributed by atoms with E-state index in [-0.39, 0.29) is 21.1 Å². The van der Waals surface area contributed by atoms with Crippen molar-refractivity contribution in [1.29, 1.82) is 0 Å². The van der Waals surface area contributed by atoms with Gasteiger partial charge in [0.25, 0.3) is 0 Å². The topological polar surface area (TPSA) is 53.7 Å². The first-order chi connectivity index (χ1) is 30.2. The second-order valence-electron chi connectivity index (χ2n) is 15.7. The molecule has 0 saturated carbocycles. The van der Waals surface area contributed by atoms with Crippen molar-refractivity contribution in [2.75, 3.05) is 0 Å². The number of fused-ring (bicyclic) bond motifs is 18. The summed E-state index contributed by atoms with van der Waals surface area (Å²) in [6, 6.07) is 63.2. The van der Waals surface area contributed by atoms with Crippen LogP contribution < -0.4 is 4.74 Å². The Morgan fingerprint density at radius 2 is 0.790 bits per heavy atom. The first-order valence-corrected chi connectivity index (χ1v) is 20.4. The summed E-state index contributed by atoms with van der Waals surface area (Å²) < 4.78 is 15.7. The van der Waals surface area contributed by atoms with Crippen LogP contribution in [0.25, 0.3) is 110 Å². The molecular weight excluding hydrogens is 944 g/mol. The van der Waals surface area contributed by atoms with Crippen LogP contribution in [0, 0.1) is 12.1 Å². The molecule has 8 aromatic carbocycles. The fraction of sp³-hybridized carbons (Fsp3) is 0. The predicted molar refractivity (Wildman–Crippen MR) is 247 cm³/mol. The Morgan fingerprint density at radius 1 is 0.371 bits per heavy atom. The molecule has 0 aliphatic rings. The molecule has 0 spiro atoms. The van der Waals surface area contributed by atoms with Gasteiger partial charge >= 0.3 is 21.1 Å². The number of hydrogen-bond donors (Lipinski definition) is 0. The Bertz CT molecular complexity index is 3870. The summed E-state index contributed by atoms with van der Waals surface area (Å²) in [4.78, 5) is 9.71. The molecule has 0 radical (unpaired) electrons. The standard InChI is InChI=1S/C54H30N6O.Pt/c1-3-11-33(12-4-1)59-47-17-9-7-15-39(47)43-29-41-37-21-19-35(27-45(37)53-55-23-25-57(53)49(41)31-51(43)59)61-36-20-22-38-42-30-44-40-16-8-10-18-48(40)60(34-13-5-2-6-14-34)52(44)32-50(42)58-26-24-56-54(58)46(38)28-36;/h1-26,29-32H;/q-2;+2. The van der Waals surface area contributed by atoms with Gasteiger partial charge in [-0.15, -0.1) is 12.1 Å². The van der Waals surface area contributed by atoms with Crippen LogP contribution in [-0.2, 0) is 21.1 Å². The molecular formula is C54H30N6OPt. The number of rotatable bonds is 4. The van der Waals surface area contributed by atoms with Gasteiger partial charge in [-0.2, -0.15) is 0 Å². The fourth-order valence-electron chi connectivity index (χ4n) is 9.90. The normalized spacial score (nSPS) is 12.1. The molecule has 6 aromatic heterocycles. The smallest absolute Gasteiger partial charge is 0.497 e. The third kappa shape index (κ3) is 4.85. The van der Waals surface area contributed by atoms with E-state index in [2.05, 4.69) is 176 Å². The Morgan fingerprint density at radius 3 is 1.26 bits per heavy atom. The van der Waals surface area contributed by atoms with Crippen LogP contribution in [0.5, 0.6) is 11.5 Å². The van der Waals surface area contributed by atoms with E-state index in [1.54, 1.807) is 0 Å². The SMILES string of the molecule is [Pt+2].[c-]1c(Oc2[c-]c3c(cc2)c2cc4c5ccccc5n(-c5ccccc5)c4cc2n2ccnc32)ccc2c1c1nccn1c1cc3c(cc21)c1ccccc1n3-c1ccccc1. The number of benzene rings is 8. The number of aromatic nitrogens is 6. The summed E-state index contributed by atoms with van der Waals surface area (Å²) in [6.07, 6.45) is 7.78. The van der Waals surface area contributed by atoms with E-state index in [0.717, 1.165) is 77.1 Å². The second kappa shape index (κ2) is 13.1. The summed E-state index contributed by atoms with van der Waals surface area (Å²) in [5.41, 5.74) is 10.7. The van der Waals surface area contributed by atoms with Crippen LogP contribution in [0.4, 0.5) is 0 Å². The third-order valence-corrected chi connectivity index (χ3v) is 12.5. The molecule has 0 fully saturated rings. The first kappa shape index (κ1) is 35.1. The quantitative estimate of drug-likeness (QED) is 0.130. The molecule has 0 atom stereocenters.